The van der Waals surface area contributed by atoms with Crippen LogP contribution >= 0.6 is 0 Å². The van der Waals surface area contributed by atoms with Gasteiger partial charge in [-0.05, 0) is 18.3 Å². The second kappa shape index (κ2) is 6.69. The lowest BCUT2D eigenvalue weighted by molar-refractivity contribution is 0.427. The lowest BCUT2D eigenvalue weighted by Gasteiger charge is -2.15. The Kier molecular flexibility index (Phi) is 6.69. The Morgan fingerprint density at radius 3 is 1.55 bits per heavy atom. The zero-order valence-electron chi connectivity index (χ0n) is 8.10. The highest BCUT2D eigenvalue weighted by Gasteiger charge is 2.06. The van der Waals surface area contributed by atoms with E-state index in [-0.39, 0.29) is 0 Å². The maximum Gasteiger partial charge on any atom is -0.0412 e. The standard InChI is InChI=1S/C11H22/c1-5-7-10(3)9-11(4)8-6-2/h10-11H,3-9H2,1-2H3. The van der Waals surface area contributed by atoms with Crippen LogP contribution in [0.2, 0.25) is 0 Å². The van der Waals surface area contributed by atoms with Gasteiger partial charge in [0.05, 0.1) is 0 Å². The van der Waals surface area contributed by atoms with E-state index in [1.807, 2.05) is 0 Å². The molecule has 0 saturated heterocycles. The van der Waals surface area contributed by atoms with E-state index in [9.17, 15) is 0 Å². The van der Waals surface area contributed by atoms with Gasteiger partial charge in [-0.2, -0.15) is 0 Å². The predicted octanol–water partition coefficient (Wildman–Crippen LogP) is 3.88. The summed E-state index contributed by atoms with van der Waals surface area (Å²) in [7, 11) is 0. The van der Waals surface area contributed by atoms with Crippen molar-refractivity contribution < 1.29 is 0 Å². The van der Waals surface area contributed by atoms with Gasteiger partial charge < -0.3 is 0 Å². The fraction of sp³-hybridized carbons (Fsp3) is 0.818. The fourth-order valence-electron chi connectivity index (χ4n) is 1.52. The maximum atomic E-state index is 4.11. The van der Waals surface area contributed by atoms with Gasteiger partial charge in [0.25, 0.3) is 0 Å². The molecule has 0 aromatic heterocycles. The average molecular weight is 154 g/mol. The third-order valence-electron chi connectivity index (χ3n) is 2.06. The molecule has 0 nitrogen and oxygen atoms in total. The van der Waals surface area contributed by atoms with Gasteiger partial charge in [0.1, 0.15) is 0 Å². The summed E-state index contributed by atoms with van der Waals surface area (Å²) in [6, 6.07) is 0. The van der Waals surface area contributed by atoms with E-state index in [1.165, 1.54) is 32.1 Å². The summed E-state index contributed by atoms with van der Waals surface area (Å²) >= 11 is 0. The van der Waals surface area contributed by atoms with Gasteiger partial charge in [-0.3, -0.25) is 0 Å². The van der Waals surface area contributed by atoms with Crippen LogP contribution in [-0.4, -0.2) is 0 Å². The zero-order chi connectivity index (χ0) is 8.69. The highest BCUT2D eigenvalue weighted by atomic mass is 14.1. The summed E-state index contributed by atoms with van der Waals surface area (Å²) in [6.07, 6.45) is 6.24. The van der Waals surface area contributed by atoms with Gasteiger partial charge in [0, 0.05) is 0 Å². The Labute approximate surface area is 72.4 Å². The summed E-state index contributed by atoms with van der Waals surface area (Å²) in [6.45, 7) is 12.7. The molecule has 0 fully saturated rings. The summed E-state index contributed by atoms with van der Waals surface area (Å²) < 4.78 is 0. The monoisotopic (exact) mass is 154 g/mol. The van der Waals surface area contributed by atoms with E-state index < -0.39 is 0 Å². The smallest absolute Gasteiger partial charge is 0.0412 e. The van der Waals surface area contributed by atoms with Gasteiger partial charge in [-0.15, -0.1) is 0 Å². The van der Waals surface area contributed by atoms with Crippen LogP contribution in [0.15, 0.2) is 0 Å². The minimum Gasteiger partial charge on any atom is -0.0654 e. The van der Waals surface area contributed by atoms with E-state index in [2.05, 4.69) is 27.7 Å². The van der Waals surface area contributed by atoms with Crippen LogP contribution in [0.5, 0.6) is 0 Å². The largest absolute Gasteiger partial charge is 0.0654 e. The first-order chi connectivity index (χ1) is 5.20. The molecular formula is C11H22. The predicted molar refractivity (Wildman–Crippen MR) is 52.1 cm³/mol. The topological polar surface area (TPSA) is 0 Å². The van der Waals surface area contributed by atoms with Gasteiger partial charge in [0.15, 0.2) is 0 Å². The van der Waals surface area contributed by atoms with E-state index in [4.69, 9.17) is 0 Å². The molecule has 66 valence electrons. The van der Waals surface area contributed by atoms with Crippen LogP contribution in [0.4, 0.5) is 0 Å². The first-order valence-electron chi connectivity index (χ1n) is 4.86. The molecule has 0 saturated carbocycles. The number of rotatable bonds is 6. The van der Waals surface area contributed by atoms with Crippen LogP contribution < -0.4 is 0 Å². The summed E-state index contributed by atoms with van der Waals surface area (Å²) in [5, 5.41) is 0. The first kappa shape index (κ1) is 11.0. The molecule has 2 radical (unpaired) electrons. The van der Waals surface area contributed by atoms with Crippen molar-refractivity contribution in [1.29, 1.82) is 0 Å². The summed E-state index contributed by atoms with van der Waals surface area (Å²) in [4.78, 5) is 0. The second-order valence-electron chi connectivity index (χ2n) is 3.55. The molecule has 0 rings (SSSR count). The third kappa shape index (κ3) is 6.40. The quantitative estimate of drug-likeness (QED) is 0.544. The van der Waals surface area contributed by atoms with Gasteiger partial charge in [-0.25, -0.2) is 0 Å². The fourth-order valence-corrected chi connectivity index (χ4v) is 1.52. The van der Waals surface area contributed by atoms with Crippen molar-refractivity contribution in [3.05, 3.63) is 13.8 Å². The van der Waals surface area contributed by atoms with Gasteiger partial charge in [0.2, 0.25) is 0 Å². The Balaban J connectivity index is 3.32. The van der Waals surface area contributed by atoms with Crippen LogP contribution in [0.25, 0.3) is 0 Å². The Morgan fingerprint density at radius 2 is 1.27 bits per heavy atom. The molecule has 0 aromatic rings. The molecule has 0 bridgehead atoms. The highest BCUT2D eigenvalue weighted by molar-refractivity contribution is 4.68. The van der Waals surface area contributed by atoms with Gasteiger partial charge >= 0.3 is 0 Å². The molecule has 2 atom stereocenters. The SMILES string of the molecule is [CH2]C(CCC)CC([CH2])CCC. The molecule has 11 heavy (non-hydrogen) atoms. The molecule has 0 N–H and O–H groups in total. The summed E-state index contributed by atoms with van der Waals surface area (Å²) in [5.74, 6) is 1.27. The summed E-state index contributed by atoms with van der Waals surface area (Å²) in [5.41, 5.74) is 0. The minimum absolute atomic E-state index is 0.633. The highest BCUT2D eigenvalue weighted by Crippen LogP contribution is 2.19. The molecule has 0 spiro atoms. The first-order valence-corrected chi connectivity index (χ1v) is 4.86. The molecule has 0 heteroatoms. The van der Waals surface area contributed by atoms with E-state index in [0.29, 0.717) is 11.8 Å². The zero-order valence-corrected chi connectivity index (χ0v) is 8.10. The van der Waals surface area contributed by atoms with Crippen LogP contribution in [0, 0.1) is 25.7 Å². The van der Waals surface area contributed by atoms with Crippen molar-refractivity contribution in [2.45, 2.75) is 46.0 Å². The van der Waals surface area contributed by atoms with E-state index >= 15 is 0 Å². The molecule has 0 aliphatic carbocycles. The molecule has 0 aliphatic rings. The van der Waals surface area contributed by atoms with Crippen LogP contribution in [0.3, 0.4) is 0 Å². The average Bonchev–Trinajstić information content (AvgIpc) is 1.87. The molecular weight excluding hydrogens is 132 g/mol. The van der Waals surface area contributed by atoms with Crippen molar-refractivity contribution in [3.63, 3.8) is 0 Å². The Morgan fingerprint density at radius 1 is 0.909 bits per heavy atom. The van der Waals surface area contributed by atoms with Crippen molar-refractivity contribution >= 4 is 0 Å². The number of hydrogen-bond acceptors (Lipinski definition) is 0. The van der Waals surface area contributed by atoms with Crippen molar-refractivity contribution in [3.8, 4) is 0 Å². The number of hydrogen-bond donors (Lipinski definition) is 0. The molecule has 0 heterocycles. The van der Waals surface area contributed by atoms with Crippen molar-refractivity contribution in [2.75, 3.05) is 0 Å². The maximum absolute atomic E-state index is 4.11. The second-order valence-corrected chi connectivity index (χ2v) is 3.55. The van der Waals surface area contributed by atoms with E-state index in [0.717, 1.165) is 0 Å². The van der Waals surface area contributed by atoms with E-state index in [1.54, 1.807) is 0 Å². The van der Waals surface area contributed by atoms with Crippen LogP contribution in [-0.2, 0) is 0 Å². The van der Waals surface area contributed by atoms with Crippen molar-refractivity contribution in [1.82, 2.24) is 0 Å². The lowest BCUT2D eigenvalue weighted by atomic mass is 9.91. The van der Waals surface area contributed by atoms with Gasteiger partial charge in [-0.1, -0.05) is 53.4 Å². The Hall–Kier alpha value is 0. The third-order valence-corrected chi connectivity index (χ3v) is 2.06. The molecule has 0 aliphatic heterocycles. The molecule has 0 amide bonds. The minimum atomic E-state index is 0.633. The Bertz CT molecular complexity index is 66.1. The lowest BCUT2D eigenvalue weighted by Crippen LogP contribution is -2.03. The normalized spacial score (nSPS) is 16.4. The van der Waals surface area contributed by atoms with Crippen LogP contribution in [0.1, 0.15) is 46.0 Å². The van der Waals surface area contributed by atoms with Crippen molar-refractivity contribution in [2.24, 2.45) is 11.8 Å². The molecule has 2 unspecified atom stereocenters. The molecule has 0 aromatic carbocycles.